The molecule has 0 aromatic heterocycles. The van der Waals surface area contributed by atoms with Gasteiger partial charge in [0.05, 0.1) is 0 Å². The van der Waals surface area contributed by atoms with E-state index < -0.39 is 6.10 Å². The highest BCUT2D eigenvalue weighted by Crippen LogP contribution is 2.05. The number of nitrogens with two attached hydrogens (primary N) is 1. The molecule has 5 nitrogen and oxygen atoms in total. The van der Waals surface area contributed by atoms with E-state index in [9.17, 15) is 4.79 Å². The van der Waals surface area contributed by atoms with Gasteiger partial charge in [0.15, 0.2) is 0 Å². The van der Waals surface area contributed by atoms with Crippen molar-refractivity contribution >= 4 is 5.91 Å². The third-order valence-corrected chi connectivity index (χ3v) is 2.56. The molecule has 16 heavy (non-hydrogen) atoms. The second-order valence-electron chi connectivity index (χ2n) is 4.20. The van der Waals surface area contributed by atoms with Crippen molar-refractivity contribution in [3.8, 4) is 0 Å². The van der Waals surface area contributed by atoms with Crippen LogP contribution in [0.4, 0.5) is 0 Å². The molecule has 96 valence electrons. The van der Waals surface area contributed by atoms with Crippen LogP contribution in [-0.2, 0) is 9.53 Å². The zero-order valence-electron chi connectivity index (χ0n) is 11.1. The van der Waals surface area contributed by atoms with Crippen LogP contribution in [-0.4, -0.2) is 68.7 Å². The van der Waals surface area contributed by atoms with E-state index in [4.69, 9.17) is 10.5 Å². The Morgan fingerprint density at radius 1 is 1.44 bits per heavy atom. The molecule has 1 amide bonds. The van der Waals surface area contributed by atoms with Gasteiger partial charge in [-0.3, -0.25) is 4.79 Å². The number of carbonyl (C=O) groups is 1. The second kappa shape index (κ2) is 7.60. The standard InChI is InChI=1S/C11H25N3O2/c1-6-14(9(2)8-13(3)4)11(15)10(7-12)16-5/h9-10H,6-8,12H2,1-5H3. The van der Waals surface area contributed by atoms with E-state index in [-0.39, 0.29) is 18.5 Å². The summed E-state index contributed by atoms with van der Waals surface area (Å²) in [6.07, 6.45) is -0.524. The number of likely N-dealkylation sites (N-methyl/N-ethyl adjacent to an activating group) is 2. The first-order valence-electron chi connectivity index (χ1n) is 5.65. The van der Waals surface area contributed by atoms with Gasteiger partial charge in [-0.1, -0.05) is 0 Å². The van der Waals surface area contributed by atoms with Crippen molar-refractivity contribution in [2.75, 3.05) is 40.8 Å². The number of hydrogen-bond donors (Lipinski definition) is 1. The Balaban J connectivity index is 4.52. The Labute approximate surface area is 98.5 Å². The van der Waals surface area contributed by atoms with Crippen molar-refractivity contribution in [3.05, 3.63) is 0 Å². The average molecular weight is 231 g/mol. The van der Waals surface area contributed by atoms with Crippen LogP contribution in [0.5, 0.6) is 0 Å². The first-order valence-corrected chi connectivity index (χ1v) is 5.65. The van der Waals surface area contributed by atoms with Gasteiger partial charge in [-0.15, -0.1) is 0 Å². The molecule has 0 heterocycles. The fraction of sp³-hybridized carbons (Fsp3) is 0.909. The Kier molecular flexibility index (Phi) is 7.29. The summed E-state index contributed by atoms with van der Waals surface area (Å²) >= 11 is 0. The fourth-order valence-electron chi connectivity index (χ4n) is 1.79. The van der Waals surface area contributed by atoms with Gasteiger partial charge in [0.25, 0.3) is 5.91 Å². The van der Waals surface area contributed by atoms with Gasteiger partial charge >= 0.3 is 0 Å². The largest absolute Gasteiger partial charge is 0.370 e. The van der Waals surface area contributed by atoms with E-state index in [1.165, 1.54) is 7.11 Å². The molecule has 0 aliphatic rings. The lowest BCUT2D eigenvalue weighted by atomic mass is 10.2. The maximum atomic E-state index is 12.1. The van der Waals surface area contributed by atoms with Gasteiger partial charge in [-0.2, -0.15) is 0 Å². The Hall–Kier alpha value is -0.650. The lowest BCUT2D eigenvalue weighted by Gasteiger charge is -2.32. The van der Waals surface area contributed by atoms with Crippen molar-refractivity contribution in [1.82, 2.24) is 9.80 Å². The minimum absolute atomic E-state index is 0.0261. The van der Waals surface area contributed by atoms with E-state index in [1.54, 1.807) is 4.90 Å². The molecular formula is C11H25N3O2. The van der Waals surface area contributed by atoms with Crippen molar-refractivity contribution in [2.45, 2.75) is 26.0 Å². The van der Waals surface area contributed by atoms with Gasteiger partial charge in [0.2, 0.25) is 0 Å². The van der Waals surface area contributed by atoms with E-state index >= 15 is 0 Å². The minimum atomic E-state index is -0.524. The molecule has 0 radical (unpaired) electrons. The first kappa shape index (κ1) is 15.3. The summed E-state index contributed by atoms with van der Waals surface area (Å²) in [4.78, 5) is 15.9. The van der Waals surface area contributed by atoms with E-state index in [1.807, 2.05) is 27.9 Å². The molecule has 0 aliphatic heterocycles. The van der Waals surface area contributed by atoms with Crippen LogP contribution in [0.25, 0.3) is 0 Å². The summed E-state index contributed by atoms with van der Waals surface area (Å²) in [6, 6.07) is 0.164. The fourth-order valence-corrected chi connectivity index (χ4v) is 1.79. The molecule has 2 atom stereocenters. The third-order valence-electron chi connectivity index (χ3n) is 2.56. The SMILES string of the molecule is CCN(C(=O)C(CN)OC)C(C)CN(C)C. The summed E-state index contributed by atoms with van der Waals surface area (Å²) in [6.45, 7) is 5.73. The number of amides is 1. The van der Waals surface area contributed by atoms with Crippen molar-refractivity contribution in [3.63, 3.8) is 0 Å². The molecule has 5 heteroatoms. The highest BCUT2D eigenvalue weighted by molar-refractivity contribution is 5.81. The molecule has 0 spiro atoms. The predicted octanol–water partition coefficient (Wildman–Crippen LogP) is -0.241. The monoisotopic (exact) mass is 231 g/mol. The molecule has 0 aromatic rings. The Morgan fingerprint density at radius 3 is 2.31 bits per heavy atom. The van der Waals surface area contributed by atoms with Crippen molar-refractivity contribution in [2.24, 2.45) is 5.73 Å². The van der Waals surface area contributed by atoms with E-state index in [2.05, 4.69) is 4.90 Å². The topological polar surface area (TPSA) is 58.8 Å². The van der Waals surface area contributed by atoms with Crippen LogP contribution >= 0.6 is 0 Å². The maximum Gasteiger partial charge on any atom is 0.253 e. The summed E-state index contributed by atoms with van der Waals surface area (Å²) in [5, 5.41) is 0. The predicted molar refractivity (Wildman–Crippen MR) is 65.3 cm³/mol. The molecule has 2 N–H and O–H groups in total. The minimum Gasteiger partial charge on any atom is -0.370 e. The first-order chi connectivity index (χ1) is 7.47. The highest BCUT2D eigenvalue weighted by Gasteiger charge is 2.25. The summed E-state index contributed by atoms with van der Waals surface area (Å²) < 4.78 is 5.07. The van der Waals surface area contributed by atoms with Crippen LogP contribution in [0.1, 0.15) is 13.8 Å². The molecule has 0 fully saturated rings. The van der Waals surface area contributed by atoms with E-state index in [0.717, 1.165) is 6.54 Å². The van der Waals surface area contributed by atoms with Crippen molar-refractivity contribution in [1.29, 1.82) is 0 Å². The molecule has 2 unspecified atom stereocenters. The van der Waals surface area contributed by atoms with Gasteiger partial charge in [-0.05, 0) is 27.9 Å². The van der Waals surface area contributed by atoms with Crippen LogP contribution in [0.3, 0.4) is 0 Å². The van der Waals surface area contributed by atoms with Crippen LogP contribution in [0, 0.1) is 0 Å². The molecule has 0 aromatic carbocycles. The van der Waals surface area contributed by atoms with Gasteiger partial charge in [0.1, 0.15) is 6.10 Å². The highest BCUT2D eigenvalue weighted by atomic mass is 16.5. The van der Waals surface area contributed by atoms with Crippen LogP contribution in [0.2, 0.25) is 0 Å². The van der Waals surface area contributed by atoms with Gasteiger partial charge in [0, 0.05) is 32.8 Å². The zero-order chi connectivity index (χ0) is 12.7. The third kappa shape index (κ3) is 4.47. The molecule has 0 aliphatic carbocycles. The van der Waals surface area contributed by atoms with E-state index in [0.29, 0.717) is 6.54 Å². The number of carbonyl (C=O) groups excluding carboxylic acids is 1. The van der Waals surface area contributed by atoms with Gasteiger partial charge < -0.3 is 20.3 Å². The van der Waals surface area contributed by atoms with Crippen LogP contribution in [0.15, 0.2) is 0 Å². The number of methoxy groups -OCH3 is 1. The summed E-state index contributed by atoms with van der Waals surface area (Å²) in [5.74, 6) is -0.0261. The quantitative estimate of drug-likeness (QED) is 0.657. The lowest BCUT2D eigenvalue weighted by Crippen LogP contribution is -2.50. The zero-order valence-corrected chi connectivity index (χ0v) is 11.1. The summed E-state index contributed by atoms with van der Waals surface area (Å²) in [7, 11) is 5.50. The lowest BCUT2D eigenvalue weighted by molar-refractivity contribution is -0.143. The number of hydrogen-bond acceptors (Lipinski definition) is 4. The Bertz CT molecular complexity index is 205. The van der Waals surface area contributed by atoms with Gasteiger partial charge in [-0.25, -0.2) is 0 Å². The Morgan fingerprint density at radius 2 is 2.00 bits per heavy atom. The molecule has 0 bridgehead atoms. The molecule has 0 saturated heterocycles. The number of nitrogens with zero attached hydrogens (tertiary/aromatic N) is 2. The molecular weight excluding hydrogens is 206 g/mol. The number of ether oxygens (including phenoxy) is 1. The average Bonchev–Trinajstić information content (AvgIpc) is 2.19. The molecule has 0 rings (SSSR count). The van der Waals surface area contributed by atoms with Crippen LogP contribution < -0.4 is 5.73 Å². The maximum absolute atomic E-state index is 12.1. The van der Waals surface area contributed by atoms with Crippen molar-refractivity contribution < 1.29 is 9.53 Å². The summed E-state index contributed by atoms with van der Waals surface area (Å²) in [5.41, 5.74) is 5.50. The second-order valence-corrected chi connectivity index (χ2v) is 4.20. The molecule has 0 saturated carbocycles. The normalized spacial score (nSPS) is 14.9. The number of rotatable bonds is 7. The smallest absolute Gasteiger partial charge is 0.253 e.